The standard InChI is InChI=1S/C12H15BrN2O4S2/c1-2-19-11(16)5-6-21(17,18)15-10-4-3-8(12(14)20)7-9(10)13/h3-4,7,15H,2,5-6H2,1H3,(H2,14,20). The predicted molar refractivity (Wildman–Crippen MR) is 88.7 cm³/mol. The molecule has 9 heteroatoms. The summed E-state index contributed by atoms with van der Waals surface area (Å²) in [4.78, 5) is 11.4. The largest absolute Gasteiger partial charge is 0.466 e. The lowest BCUT2D eigenvalue weighted by Crippen LogP contribution is -2.20. The van der Waals surface area contributed by atoms with E-state index in [0.29, 0.717) is 15.7 Å². The number of carbonyl (C=O) groups excluding carboxylic acids is 1. The normalized spacial score (nSPS) is 11.0. The minimum atomic E-state index is -3.65. The summed E-state index contributed by atoms with van der Waals surface area (Å²) >= 11 is 8.08. The summed E-state index contributed by atoms with van der Waals surface area (Å²) in [5.74, 6) is -0.902. The van der Waals surface area contributed by atoms with Crippen molar-refractivity contribution in [1.82, 2.24) is 0 Å². The van der Waals surface area contributed by atoms with Gasteiger partial charge in [0.05, 0.1) is 24.5 Å². The van der Waals surface area contributed by atoms with Gasteiger partial charge in [-0.05, 0) is 41.1 Å². The van der Waals surface area contributed by atoms with Crippen LogP contribution in [-0.2, 0) is 19.6 Å². The number of sulfonamides is 1. The van der Waals surface area contributed by atoms with Crippen LogP contribution in [0, 0.1) is 0 Å². The van der Waals surface area contributed by atoms with Crippen molar-refractivity contribution in [2.24, 2.45) is 5.73 Å². The number of esters is 1. The molecule has 21 heavy (non-hydrogen) atoms. The summed E-state index contributed by atoms with van der Waals surface area (Å²) in [6, 6.07) is 4.77. The molecule has 1 rings (SSSR count). The first kappa shape index (κ1) is 17.9. The van der Waals surface area contributed by atoms with Gasteiger partial charge in [0.25, 0.3) is 0 Å². The van der Waals surface area contributed by atoms with Crippen LogP contribution >= 0.6 is 28.1 Å². The van der Waals surface area contributed by atoms with Gasteiger partial charge in [0.2, 0.25) is 10.0 Å². The molecule has 0 aliphatic rings. The SMILES string of the molecule is CCOC(=O)CCS(=O)(=O)Nc1ccc(C(N)=S)cc1Br. The van der Waals surface area contributed by atoms with Crippen LogP contribution in [0.2, 0.25) is 0 Å². The molecular weight excluding hydrogens is 380 g/mol. The molecule has 0 bridgehead atoms. The minimum Gasteiger partial charge on any atom is -0.466 e. The van der Waals surface area contributed by atoms with E-state index in [2.05, 4.69) is 25.4 Å². The molecule has 0 saturated carbocycles. The highest BCUT2D eigenvalue weighted by molar-refractivity contribution is 9.10. The number of benzene rings is 1. The Morgan fingerprint density at radius 3 is 2.67 bits per heavy atom. The van der Waals surface area contributed by atoms with Gasteiger partial charge in [-0.2, -0.15) is 0 Å². The van der Waals surface area contributed by atoms with Gasteiger partial charge in [-0.15, -0.1) is 0 Å². The lowest BCUT2D eigenvalue weighted by Gasteiger charge is -2.10. The van der Waals surface area contributed by atoms with Gasteiger partial charge in [-0.25, -0.2) is 8.42 Å². The molecule has 1 aromatic rings. The Morgan fingerprint density at radius 2 is 2.14 bits per heavy atom. The summed E-state index contributed by atoms with van der Waals surface area (Å²) < 4.78 is 31.4. The molecule has 0 aliphatic heterocycles. The summed E-state index contributed by atoms with van der Waals surface area (Å²) in [7, 11) is -3.65. The fraction of sp³-hybridized carbons (Fsp3) is 0.333. The summed E-state index contributed by atoms with van der Waals surface area (Å²) in [5.41, 5.74) is 6.45. The Morgan fingerprint density at radius 1 is 1.48 bits per heavy atom. The van der Waals surface area contributed by atoms with Crippen molar-refractivity contribution < 1.29 is 17.9 Å². The van der Waals surface area contributed by atoms with Crippen molar-refractivity contribution in [3.8, 4) is 0 Å². The highest BCUT2D eigenvalue weighted by Crippen LogP contribution is 2.24. The number of nitrogens with two attached hydrogens (primary N) is 1. The zero-order valence-corrected chi connectivity index (χ0v) is 14.5. The zero-order valence-electron chi connectivity index (χ0n) is 11.3. The van der Waals surface area contributed by atoms with Crippen molar-refractivity contribution >= 4 is 54.8 Å². The Labute approximate surface area is 137 Å². The molecule has 6 nitrogen and oxygen atoms in total. The van der Waals surface area contributed by atoms with Gasteiger partial charge in [0.1, 0.15) is 4.99 Å². The first-order valence-corrected chi connectivity index (χ1v) is 8.86. The molecular formula is C12H15BrN2O4S2. The molecule has 0 aromatic heterocycles. The van der Waals surface area contributed by atoms with Crippen LogP contribution < -0.4 is 10.5 Å². The van der Waals surface area contributed by atoms with Crippen LogP contribution in [0.4, 0.5) is 5.69 Å². The van der Waals surface area contributed by atoms with Crippen molar-refractivity contribution in [3.63, 3.8) is 0 Å². The van der Waals surface area contributed by atoms with Gasteiger partial charge >= 0.3 is 5.97 Å². The molecule has 0 heterocycles. The molecule has 0 fully saturated rings. The third kappa shape index (κ3) is 5.98. The number of hydrogen-bond acceptors (Lipinski definition) is 5. The van der Waals surface area contributed by atoms with Crippen molar-refractivity contribution in [3.05, 3.63) is 28.2 Å². The molecule has 0 spiro atoms. The smallest absolute Gasteiger partial charge is 0.306 e. The number of hydrogen-bond donors (Lipinski definition) is 2. The molecule has 0 unspecified atom stereocenters. The van der Waals surface area contributed by atoms with Gasteiger partial charge < -0.3 is 10.5 Å². The van der Waals surface area contributed by atoms with Crippen LogP contribution in [0.5, 0.6) is 0 Å². The van der Waals surface area contributed by atoms with Gasteiger partial charge in [0, 0.05) is 10.0 Å². The van der Waals surface area contributed by atoms with Crippen LogP contribution in [-0.4, -0.2) is 31.7 Å². The molecule has 0 aliphatic carbocycles. The highest BCUT2D eigenvalue weighted by atomic mass is 79.9. The maximum Gasteiger partial charge on any atom is 0.306 e. The Hall–Kier alpha value is -1.19. The third-order valence-electron chi connectivity index (χ3n) is 2.40. The molecule has 0 amide bonds. The second kappa shape index (κ2) is 7.71. The average molecular weight is 395 g/mol. The molecule has 0 atom stereocenters. The molecule has 3 N–H and O–H groups in total. The zero-order chi connectivity index (χ0) is 16.0. The van der Waals surface area contributed by atoms with Crippen LogP contribution in [0.3, 0.4) is 0 Å². The topological polar surface area (TPSA) is 98.5 Å². The van der Waals surface area contributed by atoms with E-state index >= 15 is 0 Å². The number of ether oxygens (including phenoxy) is 1. The average Bonchev–Trinajstić information content (AvgIpc) is 2.39. The first-order chi connectivity index (χ1) is 9.75. The molecule has 116 valence electrons. The lowest BCUT2D eigenvalue weighted by atomic mass is 10.2. The number of thiocarbonyl (C=S) groups is 1. The van der Waals surface area contributed by atoms with E-state index in [4.69, 9.17) is 18.0 Å². The fourth-order valence-electron chi connectivity index (χ4n) is 1.42. The second-order valence-corrected chi connectivity index (χ2v) is 7.17. The lowest BCUT2D eigenvalue weighted by molar-refractivity contribution is -0.142. The highest BCUT2D eigenvalue weighted by Gasteiger charge is 2.15. The predicted octanol–water partition coefficient (Wildman–Crippen LogP) is 1.78. The third-order valence-corrected chi connectivity index (χ3v) is 4.56. The van der Waals surface area contributed by atoms with Gasteiger partial charge in [-0.1, -0.05) is 12.2 Å². The maximum absolute atomic E-state index is 11.9. The first-order valence-electron chi connectivity index (χ1n) is 6.00. The number of carbonyl (C=O) groups is 1. The van der Waals surface area contributed by atoms with Gasteiger partial charge in [-0.3, -0.25) is 9.52 Å². The van der Waals surface area contributed by atoms with E-state index < -0.39 is 16.0 Å². The van der Waals surface area contributed by atoms with E-state index in [1.165, 1.54) is 0 Å². The molecule has 0 radical (unpaired) electrons. The summed E-state index contributed by atoms with van der Waals surface area (Å²) in [6.07, 6.45) is -0.203. The molecule has 1 aromatic carbocycles. The summed E-state index contributed by atoms with van der Waals surface area (Å²) in [5, 5.41) is 0. The van der Waals surface area contributed by atoms with Gasteiger partial charge in [0.15, 0.2) is 0 Å². The Kier molecular flexibility index (Phi) is 6.56. The number of anilines is 1. The number of halogens is 1. The van der Waals surface area contributed by atoms with E-state index in [1.54, 1.807) is 25.1 Å². The second-order valence-electron chi connectivity index (χ2n) is 4.03. The van der Waals surface area contributed by atoms with Crippen molar-refractivity contribution in [2.45, 2.75) is 13.3 Å². The minimum absolute atomic E-state index is 0.203. The van der Waals surface area contributed by atoms with Crippen molar-refractivity contribution in [2.75, 3.05) is 17.1 Å². The van der Waals surface area contributed by atoms with Crippen LogP contribution in [0.1, 0.15) is 18.9 Å². The van der Waals surface area contributed by atoms with Crippen LogP contribution in [0.25, 0.3) is 0 Å². The monoisotopic (exact) mass is 394 g/mol. The molecule has 0 saturated heterocycles. The van der Waals surface area contributed by atoms with Crippen molar-refractivity contribution in [1.29, 1.82) is 0 Å². The fourth-order valence-corrected chi connectivity index (χ4v) is 3.21. The summed E-state index contributed by atoms with van der Waals surface area (Å²) in [6.45, 7) is 1.88. The Bertz CT molecular complexity index is 647. The van der Waals surface area contributed by atoms with Crippen LogP contribution in [0.15, 0.2) is 22.7 Å². The number of nitrogens with one attached hydrogen (secondary N) is 1. The quantitative estimate of drug-likeness (QED) is 0.540. The Balaban J connectivity index is 2.75. The van der Waals surface area contributed by atoms with E-state index in [0.717, 1.165) is 0 Å². The van der Waals surface area contributed by atoms with E-state index in [1.807, 2.05) is 0 Å². The maximum atomic E-state index is 11.9. The number of rotatable bonds is 7. The van der Waals surface area contributed by atoms with E-state index in [-0.39, 0.29) is 23.8 Å². The van der Waals surface area contributed by atoms with E-state index in [9.17, 15) is 13.2 Å².